The molecule has 1 aromatic rings. The Kier molecular flexibility index (Phi) is 16.9. The summed E-state index contributed by atoms with van der Waals surface area (Å²) in [6, 6.07) is 1.57. The van der Waals surface area contributed by atoms with Crippen LogP contribution in [0.3, 0.4) is 0 Å². The summed E-state index contributed by atoms with van der Waals surface area (Å²) in [5.41, 5.74) is -2.48. The van der Waals surface area contributed by atoms with Crippen molar-refractivity contribution in [1.29, 1.82) is 0 Å². The molecular weight excluding hydrogens is 860 g/mol. The Morgan fingerprint density at radius 1 is 1.06 bits per heavy atom. The van der Waals surface area contributed by atoms with Crippen molar-refractivity contribution in [2.75, 3.05) is 33.9 Å². The van der Waals surface area contributed by atoms with Gasteiger partial charge in [-0.1, -0.05) is 25.5 Å². The molecule has 2 saturated heterocycles. The number of carbonyl (C=O) groups is 4. The Hall–Kier alpha value is -3.42. The largest absolute Gasteiger partial charge is 0.508 e. The molecule has 22 heteroatoms. The summed E-state index contributed by atoms with van der Waals surface area (Å²) >= 11 is 7.55. The number of phenols is 1. The van der Waals surface area contributed by atoms with Crippen molar-refractivity contribution in [3.8, 4) is 5.75 Å². The van der Waals surface area contributed by atoms with Gasteiger partial charge in [-0.05, 0) is 71.6 Å². The number of likely N-dealkylation sites (N-methyl/N-ethyl adjacent to an activating group) is 2. The summed E-state index contributed by atoms with van der Waals surface area (Å²) < 4.78 is 5.79. The molecule has 1 aromatic carbocycles. The molecular formula is C40H61ClN4O16S. The lowest BCUT2D eigenvalue weighted by atomic mass is 9.53. The lowest BCUT2D eigenvalue weighted by Crippen LogP contribution is -2.71. The Morgan fingerprint density at radius 3 is 2.21 bits per heavy atom. The van der Waals surface area contributed by atoms with Crippen molar-refractivity contribution in [3.63, 3.8) is 0 Å². The van der Waals surface area contributed by atoms with E-state index in [0.717, 1.165) is 25.8 Å². The minimum Gasteiger partial charge on any atom is -0.508 e. The maximum Gasteiger partial charge on any atom is 0.255 e. The number of thioether (sulfide) groups is 1. The number of phenolic OH excluding ortho intramolecular Hbond substituents is 1. The van der Waals surface area contributed by atoms with Crippen LogP contribution in [0.1, 0.15) is 51.2 Å². The van der Waals surface area contributed by atoms with Crippen molar-refractivity contribution >= 4 is 52.5 Å². The molecule has 5 aliphatic rings. The van der Waals surface area contributed by atoms with Gasteiger partial charge in [0.25, 0.3) is 5.91 Å². The Morgan fingerprint density at radius 2 is 1.68 bits per heavy atom. The van der Waals surface area contributed by atoms with Gasteiger partial charge in [-0.3, -0.25) is 29.0 Å². The number of amides is 2. The number of likely N-dealkylation sites (tertiary alicyclic amines) is 1. The quantitative estimate of drug-likeness (QED) is 0.0889. The van der Waals surface area contributed by atoms with Gasteiger partial charge in [-0.25, -0.2) is 0 Å². The molecule has 0 unspecified atom stereocenters. The third kappa shape index (κ3) is 8.72. The molecule has 0 aromatic heterocycles. The molecule has 0 radical (unpaired) electrons. The molecule has 350 valence electrons. The molecule has 15 atom stereocenters. The number of hydrogen-bond donors (Lipinski definition) is 11. The number of aromatic hydroxyl groups is 1. The van der Waals surface area contributed by atoms with E-state index in [1.54, 1.807) is 13.2 Å². The number of ether oxygens (including phenoxy) is 1. The number of Topliss-reactive ketones (excluding diaryl/α,β-unsaturated/α-hetero) is 2. The fourth-order valence-corrected chi connectivity index (χ4v) is 10.6. The topological polar surface area (TPSA) is 367 Å². The Labute approximate surface area is 367 Å². The zero-order valence-electron chi connectivity index (χ0n) is 35.4. The van der Waals surface area contributed by atoms with Gasteiger partial charge in [0.15, 0.2) is 11.4 Å². The predicted octanol–water partition coefficient (Wildman–Crippen LogP) is -2.66. The number of carbonyl (C=O) groups excluding carboxylic acids is 4. The fourth-order valence-electron chi connectivity index (χ4n) is 9.71. The first-order chi connectivity index (χ1) is 27.9. The van der Waals surface area contributed by atoms with Crippen LogP contribution in [0.4, 0.5) is 0 Å². The standard InChI is InChI=1S/C22H24N2O9.C18H33ClN2O5S.2H2O/c1-21(32)7-5-4-6-8(25)9(7)15(26)10-12(21)17(28)13-14(24(2)3)16(27)11(20(23)31)19(30)22(13,33)18(10)29;1-5-6-10-7-11(21(3)8-10)17(25)20-12(9(2)19)16-14(23)13(22)15(24)18(26-16)27-4;;/h4-6,12-14,17,25-26,28,30,32-33H,1-3H3,(H2,23,31);9-16,18,22-24H,5-8H2,1-4H3,(H,20,25);2*1H2/t12-,13-,14+,17+,21-,22+;9-,10+,11-,12+,13-,14+,15+,16+,18+;;/m10../s1. The molecule has 2 amide bonds. The number of aliphatic hydroxyl groups is 8. The molecule has 0 bridgehead atoms. The van der Waals surface area contributed by atoms with Gasteiger partial charge in [-0.15, -0.1) is 23.4 Å². The van der Waals surface area contributed by atoms with Gasteiger partial charge in [0, 0.05) is 6.54 Å². The van der Waals surface area contributed by atoms with Gasteiger partial charge in [0.05, 0.1) is 58.2 Å². The summed E-state index contributed by atoms with van der Waals surface area (Å²) in [7, 11) is 4.74. The first-order valence-electron chi connectivity index (χ1n) is 19.7. The highest BCUT2D eigenvalue weighted by atomic mass is 35.5. The number of hydrogen-bond acceptors (Lipinski definition) is 17. The first kappa shape index (κ1) is 52.9. The van der Waals surface area contributed by atoms with Crippen molar-refractivity contribution < 1.29 is 80.8 Å². The van der Waals surface area contributed by atoms with E-state index in [9.17, 15) is 65.1 Å². The van der Waals surface area contributed by atoms with E-state index in [1.165, 1.54) is 55.9 Å². The number of nitrogens with two attached hydrogens (primary N) is 1. The maximum absolute atomic E-state index is 13.7. The highest BCUT2D eigenvalue weighted by Crippen LogP contribution is 2.57. The summed E-state index contributed by atoms with van der Waals surface area (Å²) in [4.78, 5) is 54.9. The van der Waals surface area contributed by atoms with E-state index >= 15 is 0 Å². The van der Waals surface area contributed by atoms with Crippen LogP contribution >= 0.6 is 23.4 Å². The van der Waals surface area contributed by atoms with Crippen LogP contribution < -0.4 is 11.1 Å². The van der Waals surface area contributed by atoms with E-state index in [1.807, 2.05) is 11.9 Å². The molecule has 3 aliphatic carbocycles. The molecule has 62 heavy (non-hydrogen) atoms. The van der Waals surface area contributed by atoms with Gasteiger partial charge < -0.3 is 72.7 Å². The minimum absolute atomic E-state index is 0. The van der Waals surface area contributed by atoms with E-state index in [-0.39, 0.29) is 34.0 Å². The second-order valence-electron chi connectivity index (χ2n) is 16.8. The summed E-state index contributed by atoms with van der Waals surface area (Å²) in [5, 5.41) is 99.4. The number of nitrogens with one attached hydrogen (secondary N) is 1. The average Bonchev–Trinajstić information content (AvgIpc) is 3.54. The molecule has 1 saturated carbocycles. The van der Waals surface area contributed by atoms with Crippen molar-refractivity contribution in [2.45, 2.75) is 111 Å². The van der Waals surface area contributed by atoms with Crippen LogP contribution in [0.5, 0.6) is 5.75 Å². The summed E-state index contributed by atoms with van der Waals surface area (Å²) in [5.74, 6) is -9.32. The number of fused-ring (bicyclic) bond motifs is 3. The lowest BCUT2D eigenvalue weighted by Gasteiger charge is -2.55. The normalized spacial score (nSPS) is 36.5. The molecule has 20 nitrogen and oxygen atoms in total. The number of benzene rings is 1. The highest BCUT2D eigenvalue weighted by molar-refractivity contribution is 7.99. The van der Waals surface area contributed by atoms with Gasteiger partial charge in [-0.2, -0.15) is 0 Å². The molecule has 6 rings (SSSR count). The lowest BCUT2D eigenvalue weighted by molar-refractivity contribution is -0.205. The van der Waals surface area contributed by atoms with E-state index in [4.69, 9.17) is 22.1 Å². The predicted molar refractivity (Wildman–Crippen MR) is 226 cm³/mol. The number of aliphatic hydroxyl groups excluding tert-OH is 6. The maximum atomic E-state index is 13.7. The third-order valence-electron chi connectivity index (χ3n) is 12.7. The zero-order valence-corrected chi connectivity index (χ0v) is 37.0. The fraction of sp³-hybridized carbons (Fsp3) is 0.650. The zero-order chi connectivity index (χ0) is 45.1. The average molecular weight is 921 g/mol. The SMILES string of the molecule is CCC[C@@H]1C[C@@H](C(=O)N[C@@H]([C@H]2O[C@H](SC)[C@H](O)[C@@H](O)[C@H]2O)[C@H](C)Cl)N(C)C1.CN(C)[C@@H]1C(=O)C(C(N)=O)=C(O)[C@@]2(O)C(=O)C3=C(O)c4c(O)cccc4[C@@](C)(O)[C@H]3[C@H](O)[C@@H]12.O.O. The van der Waals surface area contributed by atoms with E-state index in [2.05, 4.69) is 12.2 Å². The Bertz CT molecular complexity index is 1930. The molecule has 2 heterocycles. The second-order valence-corrected chi connectivity index (χ2v) is 18.4. The van der Waals surface area contributed by atoms with Gasteiger partial charge in [0.1, 0.15) is 52.7 Å². The summed E-state index contributed by atoms with van der Waals surface area (Å²) in [6.45, 7) is 5.99. The number of primary amides is 1. The molecule has 16 N–H and O–H groups in total. The van der Waals surface area contributed by atoms with Crippen molar-refractivity contribution in [3.05, 3.63) is 46.2 Å². The smallest absolute Gasteiger partial charge is 0.255 e. The number of alkyl halides is 1. The minimum atomic E-state index is -3.02. The number of nitrogens with zero attached hydrogens (tertiary/aromatic N) is 2. The van der Waals surface area contributed by atoms with Gasteiger partial charge in [0.2, 0.25) is 11.7 Å². The summed E-state index contributed by atoms with van der Waals surface area (Å²) in [6.07, 6.45) is -1.97. The Balaban J connectivity index is 0.000000327. The highest BCUT2D eigenvalue weighted by Gasteiger charge is 2.70. The molecule has 3 fully saturated rings. The van der Waals surface area contributed by atoms with Crippen LogP contribution in [-0.2, 0) is 29.5 Å². The van der Waals surface area contributed by atoms with Crippen molar-refractivity contribution in [1.82, 2.24) is 15.1 Å². The number of halogens is 1. The van der Waals surface area contributed by atoms with Crippen molar-refractivity contribution in [2.24, 2.45) is 23.5 Å². The third-order valence-corrected chi connectivity index (χ3v) is 13.8. The number of rotatable bonds is 9. The van der Waals surface area contributed by atoms with Crippen LogP contribution in [0.15, 0.2) is 35.1 Å². The van der Waals surface area contributed by atoms with Crippen LogP contribution in [0.25, 0.3) is 5.76 Å². The van der Waals surface area contributed by atoms with E-state index < -0.39 is 122 Å². The van der Waals surface area contributed by atoms with Crippen LogP contribution in [0.2, 0.25) is 0 Å². The van der Waals surface area contributed by atoms with Crippen LogP contribution in [0, 0.1) is 17.8 Å². The molecule has 0 spiro atoms. The monoisotopic (exact) mass is 920 g/mol. The molecule has 2 aliphatic heterocycles. The number of ketones is 2. The van der Waals surface area contributed by atoms with Crippen LogP contribution in [-0.4, -0.2) is 189 Å². The van der Waals surface area contributed by atoms with E-state index in [0.29, 0.717) is 5.92 Å². The first-order valence-corrected chi connectivity index (χ1v) is 21.4. The second kappa shape index (κ2) is 19.8. The van der Waals surface area contributed by atoms with Gasteiger partial charge >= 0.3 is 0 Å².